The molecule has 1 aliphatic rings. The molecular formula is C23H25N3O2. The van der Waals surface area contributed by atoms with E-state index in [-0.39, 0.29) is 6.04 Å². The van der Waals surface area contributed by atoms with E-state index < -0.39 is 6.10 Å². The van der Waals surface area contributed by atoms with Crippen LogP contribution in [-0.2, 0) is 6.54 Å². The van der Waals surface area contributed by atoms with Gasteiger partial charge in [0.05, 0.1) is 18.7 Å². The van der Waals surface area contributed by atoms with E-state index in [4.69, 9.17) is 4.52 Å². The predicted octanol–water partition coefficient (Wildman–Crippen LogP) is 4.29. The number of hydrogen-bond acceptors (Lipinski definition) is 4. The van der Waals surface area contributed by atoms with Crippen LogP contribution in [0.15, 0.2) is 59.1 Å². The van der Waals surface area contributed by atoms with Crippen molar-refractivity contribution in [1.82, 2.24) is 14.6 Å². The normalized spacial score (nSPS) is 19.0. The highest BCUT2D eigenvalue weighted by molar-refractivity contribution is 6.07. The lowest BCUT2D eigenvalue weighted by atomic mass is 10.1. The van der Waals surface area contributed by atoms with E-state index in [0.717, 1.165) is 30.8 Å². The number of aromatic nitrogens is 2. The summed E-state index contributed by atoms with van der Waals surface area (Å²) in [6, 6.07) is 19.1. The van der Waals surface area contributed by atoms with Crippen LogP contribution in [-0.4, -0.2) is 38.9 Å². The van der Waals surface area contributed by atoms with Crippen molar-refractivity contribution < 1.29 is 9.63 Å². The molecule has 1 saturated heterocycles. The Morgan fingerprint density at radius 2 is 1.75 bits per heavy atom. The van der Waals surface area contributed by atoms with Crippen LogP contribution >= 0.6 is 0 Å². The van der Waals surface area contributed by atoms with Gasteiger partial charge in [0.1, 0.15) is 11.5 Å². The van der Waals surface area contributed by atoms with E-state index in [9.17, 15) is 5.11 Å². The highest BCUT2D eigenvalue weighted by Crippen LogP contribution is 2.32. The van der Waals surface area contributed by atoms with Gasteiger partial charge in [0.15, 0.2) is 0 Å². The number of fused-ring (bicyclic) bond motifs is 3. The largest absolute Gasteiger partial charge is 0.390 e. The topological polar surface area (TPSA) is 54.4 Å². The number of hydrogen-bond donors (Lipinski definition) is 1. The van der Waals surface area contributed by atoms with Gasteiger partial charge in [-0.25, -0.2) is 0 Å². The highest BCUT2D eigenvalue weighted by atomic mass is 16.5. The zero-order valence-corrected chi connectivity index (χ0v) is 16.1. The number of rotatable bonds is 5. The Bertz CT molecular complexity index is 1060. The van der Waals surface area contributed by atoms with Crippen molar-refractivity contribution in [2.75, 3.05) is 13.1 Å². The summed E-state index contributed by atoms with van der Waals surface area (Å²) >= 11 is 0. The summed E-state index contributed by atoms with van der Waals surface area (Å²) in [5.74, 6) is 0.840. The van der Waals surface area contributed by atoms with Gasteiger partial charge in [-0.3, -0.25) is 4.90 Å². The lowest BCUT2D eigenvalue weighted by molar-refractivity contribution is 0.0922. The molecule has 1 fully saturated rings. The van der Waals surface area contributed by atoms with Crippen molar-refractivity contribution in [3.63, 3.8) is 0 Å². The van der Waals surface area contributed by atoms with Gasteiger partial charge >= 0.3 is 0 Å². The maximum atomic E-state index is 11.0. The number of aliphatic hydroxyl groups excluding tert-OH is 1. The Balaban J connectivity index is 1.40. The van der Waals surface area contributed by atoms with Crippen molar-refractivity contribution in [2.45, 2.75) is 38.5 Å². The number of nitrogens with zero attached hydrogens (tertiary/aromatic N) is 3. The second kappa shape index (κ2) is 7.08. The molecule has 5 rings (SSSR count). The zero-order valence-electron chi connectivity index (χ0n) is 16.1. The molecule has 1 aliphatic heterocycles. The summed E-state index contributed by atoms with van der Waals surface area (Å²) in [6.45, 7) is 4.13. The summed E-state index contributed by atoms with van der Waals surface area (Å²) < 4.78 is 7.52. The lowest BCUT2D eigenvalue weighted by Gasteiger charge is -2.26. The van der Waals surface area contributed by atoms with Crippen molar-refractivity contribution in [3.8, 4) is 0 Å². The van der Waals surface area contributed by atoms with Crippen LogP contribution < -0.4 is 0 Å². The molecule has 144 valence electrons. The number of aryl methyl sites for hydroxylation is 1. The van der Waals surface area contributed by atoms with E-state index in [0.29, 0.717) is 13.1 Å². The molecule has 0 saturated carbocycles. The van der Waals surface area contributed by atoms with Crippen LogP contribution in [0.1, 0.15) is 30.3 Å². The van der Waals surface area contributed by atoms with Gasteiger partial charge < -0.3 is 14.2 Å². The second-order valence-corrected chi connectivity index (χ2v) is 7.81. The Hall–Kier alpha value is -2.63. The standard InChI is InChI=1S/C23H25N3O2/c1-16-13-20(24-28-16)23-11-6-12-25(23)14-17(27)15-26-21-9-4-2-7-18(21)19-8-3-5-10-22(19)26/h2-5,7-10,13,17,23,27H,6,11-12,14-15H2,1H3/t17-,23-/m0/s1. The molecule has 2 aromatic heterocycles. The Morgan fingerprint density at radius 1 is 1.07 bits per heavy atom. The maximum absolute atomic E-state index is 11.0. The lowest BCUT2D eigenvalue weighted by Crippen LogP contribution is -2.34. The van der Waals surface area contributed by atoms with Gasteiger partial charge in [-0.15, -0.1) is 0 Å². The van der Waals surface area contributed by atoms with Gasteiger partial charge in [0.25, 0.3) is 0 Å². The maximum Gasteiger partial charge on any atom is 0.133 e. The van der Waals surface area contributed by atoms with Crippen LogP contribution in [0.5, 0.6) is 0 Å². The second-order valence-electron chi connectivity index (χ2n) is 7.81. The Labute approximate surface area is 164 Å². The van der Waals surface area contributed by atoms with Crippen molar-refractivity contribution in [2.24, 2.45) is 0 Å². The van der Waals surface area contributed by atoms with Gasteiger partial charge in [-0.05, 0) is 38.4 Å². The Kier molecular flexibility index (Phi) is 4.41. The summed E-state index contributed by atoms with van der Waals surface area (Å²) in [6.07, 6.45) is 1.74. The Morgan fingerprint density at radius 3 is 2.39 bits per heavy atom. The molecule has 28 heavy (non-hydrogen) atoms. The van der Waals surface area contributed by atoms with Gasteiger partial charge in [0.2, 0.25) is 0 Å². The molecule has 0 radical (unpaired) electrons. The van der Waals surface area contributed by atoms with Crippen LogP contribution in [0.4, 0.5) is 0 Å². The number of likely N-dealkylation sites (tertiary alicyclic amines) is 1. The fourth-order valence-electron chi connectivity index (χ4n) is 4.66. The first-order valence-electron chi connectivity index (χ1n) is 10.0. The molecule has 5 nitrogen and oxygen atoms in total. The summed E-state index contributed by atoms with van der Waals surface area (Å²) in [5, 5.41) is 17.6. The van der Waals surface area contributed by atoms with E-state index in [1.165, 1.54) is 21.8 Å². The van der Waals surface area contributed by atoms with Crippen LogP contribution in [0, 0.1) is 6.92 Å². The van der Waals surface area contributed by atoms with Crippen molar-refractivity contribution in [3.05, 3.63) is 66.1 Å². The summed E-state index contributed by atoms with van der Waals surface area (Å²) in [7, 11) is 0. The van der Waals surface area contributed by atoms with Crippen molar-refractivity contribution >= 4 is 21.8 Å². The molecule has 0 unspecified atom stereocenters. The van der Waals surface area contributed by atoms with Gasteiger partial charge in [-0.1, -0.05) is 41.6 Å². The van der Waals surface area contributed by atoms with Gasteiger partial charge in [0, 0.05) is 34.4 Å². The first-order valence-corrected chi connectivity index (χ1v) is 10.0. The van der Waals surface area contributed by atoms with Crippen molar-refractivity contribution in [1.29, 1.82) is 0 Å². The number of β-amino-alcohol motifs (C(OH)–C–C–N with tert-alkyl or cyclic N) is 1. The number of para-hydroxylation sites is 2. The molecule has 1 N–H and O–H groups in total. The third-order valence-electron chi connectivity index (χ3n) is 5.87. The molecule has 0 spiro atoms. The number of benzene rings is 2. The quantitative estimate of drug-likeness (QED) is 0.565. The minimum absolute atomic E-state index is 0.241. The zero-order chi connectivity index (χ0) is 19.1. The number of aliphatic hydroxyl groups is 1. The minimum Gasteiger partial charge on any atom is -0.390 e. The first-order chi connectivity index (χ1) is 13.7. The van der Waals surface area contributed by atoms with Crippen LogP contribution in [0.25, 0.3) is 21.8 Å². The molecule has 3 heterocycles. The average molecular weight is 375 g/mol. The van der Waals surface area contributed by atoms with E-state index in [2.05, 4.69) is 63.2 Å². The minimum atomic E-state index is -0.451. The molecule has 2 aromatic carbocycles. The summed E-state index contributed by atoms with van der Waals surface area (Å²) in [5.41, 5.74) is 3.33. The predicted molar refractivity (Wildman–Crippen MR) is 110 cm³/mol. The fraction of sp³-hybridized carbons (Fsp3) is 0.348. The molecule has 0 aliphatic carbocycles. The molecule has 4 aromatic rings. The molecule has 5 heteroatoms. The average Bonchev–Trinajstić information content (AvgIpc) is 3.41. The molecular weight excluding hydrogens is 350 g/mol. The van der Waals surface area contributed by atoms with Crippen LogP contribution in [0.3, 0.4) is 0 Å². The van der Waals surface area contributed by atoms with Crippen LogP contribution in [0.2, 0.25) is 0 Å². The summed E-state index contributed by atoms with van der Waals surface area (Å²) in [4.78, 5) is 2.34. The molecule has 0 amide bonds. The van der Waals surface area contributed by atoms with E-state index in [1.54, 1.807) is 0 Å². The third kappa shape index (κ3) is 3.01. The molecule has 0 bridgehead atoms. The molecule has 2 atom stereocenters. The smallest absolute Gasteiger partial charge is 0.133 e. The highest BCUT2D eigenvalue weighted by Gasteiger charge is 2.30. The van der Waals surface area contributed by atoms with Gasteiger partial charge in [-0.2, -0.15) is 0 Å². The first kappa shape index (κ1) is 17.5. The fourth-order valence-corrected chi connectivity index (χ4v) is 4.66. The monoisotopic (exact) mass is 375 g/mol. The SMILES string of the molecule is Cc1cc([C@@H]2CCCN2C[C@H](O)Cn2c3ccccc3c3ccccc32)no1. The van der Waals surface area contributed by atoms with E-state index >= 15 is 0 Å². The third-order valence-corrected chi connectivity index (χ3v) is 5.87. The van der Waals surface area contributed by atoms with E-state index in [1.807, 2.05) is 13.0 Å².